The van der Waals surface area contributed by atoms with E-state index in [4.69, 9.17) is 17.2 Å². The average Bonchev–Trinajstić information content (AvgIpc) is 3.13. The Labute approximate surface area is 313 Å². The van der Waals surface area contributed by atoms with Crippen LogP contribution >= 0.6 is 0 Å². The molecule has 292 valence electrons. The minimum atomic E-state index is -1.41. The molecule has 4 amide bonds. The van der Waals surface area contributed by atoms with E-state index >= 15 is 0 Å². The maximum absolute atomic E-state index is 14.0. The number of nitrogens with two attached hydrogens (primary N) is 3. The van der Waals surface area contributed by atoms with Crippen molar-refractivity contribution in [2.75, 3.05) is 32.7 Å². The number of carbonyl (C=O) groups excluding carboxylic acids is 4. The Morgan fingerprint density at radius 1 is 0.755 bits per heavy atom. The fourth-order valence-corrected chi connectivity index (χ4v) is 6.31. The fraction of sp³-hybridized carbons (Fsp3) is 0.564. The number of nitrogens with zero attached hydrogens (tertiary/aromatic N) is 1. The number of rotatable bonds is 22. The van der Waals surface area contributed by atoms with E-state index in [0.717, 1.165) is 37.1 Å². The largest absolute Gasteiger partial charge is 0.480 e. The average molecular weight is 737 g/mol. The second-order valence-corrected chi connectivity index (χ2v) is 14.5. The third kappa shape index (κ3) is 14.5. The van der Waals surface area contributed by atoms with Gasteiger partial charge in [0.1, 0.15) is 23.7 Å². The van der Waals surface area contributed by atoms with Crippen molar-refractivity contribution in [1.29, 1.82) is 0 Å². The van der Waals surface area contributed by atoms with Crippen molar-refractivity contribution in [3.63, 3.8) is 0 Å². The summed E-state index contributed by atoms with van der Waals surface area (Å²) in [6.07, 6.45) is 3.50. The summed E-state index contributed by atoms with van der Waals surface area (Å²) >= 11 is 0. The zero-order chi connectivity index (χ0) is 38.8. The molecule has 0 bridgehead atoms. The van der Waals surface area contributed by atoms with Gasteiger partial charge in [-0.25, -0.2) is 0 Å². The summed E-state index contributed by atoms with van der Waals surface area (Å²) in [7, 11) is 0. The van der Waals surface area contributed by atoms with Gasteiger partial charge in [-0.15, -0.1) is 0 Å². The van der Waals surface area contributed by atoms with Crippen molar-refractivity contribution in [2.24, 2.45) is 23.1 Å². The van der Waals surface area contributed by atoms with Crippen molar-refractivity contribution < 1.29 is 29.1 Å². The maximum atomic E-state index is 14.0. The van der Waals surface area contributed by atoms with Gasteiger partial charge in [0.15, 0.2) is 0 Å². The summed E-state index contributed by atoms with van der Waals surface area (Å²) < 4.78 is 0. The van der Waals surface area contributed by atoms with Crippen molar-refractivity contribution in [3.8, 4) is 0 Å². The van der Waals surface area contributed by atoms with Crippen LogP contribution in [0.25, 0.3) is 0 Å². The number of unbranched alkanes of at least 4 members (excludes halogenated alkanes) is 1. The van der Waals surface area contributed by atoms with Gasteiger partial charge < -0.3 is 48.5 Å². The third-order valence-corrected chi connectivity index (χ3v) is 9.55. The van der Waals surface area contributed by atoms with E-state index in [1.54, 1.807) is 4.90 Å². The number of amides is 4. The monoisotopic (exact) mass is 736 g/mol. The fourth-order valence-electron chi connectivity index (χ4n) is 6.31. The van der Waals surface area contributed by atoms with Crippen LogP contribution in [-0.4, -0.2) is 102 Å². The summed E-state index contributed by atoms with van der Waals surface area (Å²) in [4.78, 5) is 68.4. The molecule has 1 saturated heterocycles. The van der Waals surface area contributed by atoms with Crippen LogP contribution in [0, 0.1) is 5.92 Å². The zero-order valence-corrected chi connectivity index (χ0v) is 31.2. The number of carboxylic acid groups (broad SMARTS) is 1. The highest BCUT2D eigenvalue weighted by Crippen LogP contribution is 2.21. The Bertz CT molecular complexity index is 1450. The molecule has 1 fully saturated rings. The van der Waals surface area contributed by atoms with Crippen molar-refractivity contribution in [3.05, 3.63) is 71.8 Å². The van der Waals surface area contributed by atoms with Gasteiger partial charge in [0.2, 0.25) is 23.6 Å². The molecule has 0 unspecified atom stereocenters. The van der Waals surface area contributed by atoms with E-state index in [1.165, 1.54) is 0 Å². The SMILES string of the molecule is CC(C)C[C@@H](NC(=O)[C@@H](Cc1ccccc1)NC(=O)[C@H](N)Cc1ccccc1)C(=O)N[C@H](CCCCNCCCN)C(=O)N1CCC(N)(C(=O)O)CC1. The normalized spacial score (nSPS) is 16.2. The van der Waals surface area contributed by atoms with E-state index in [0.29, 0.717) is 19.4 Å². The Balaban J connectivity index is 1.76. The number of nitrogens with one attached hydrogen (secondary N) is 4. The molecule has 11 N–H and O–H groups in total. The first kappa shape index (κ1) is 43.0. The second-order valence-electron chi connectivity index (χ2n) is 14.5. The summed E-state index contributed by atoms with van der Waals surface area (Å²) in [5.41, 5.74) is 18.2. The topological polar surface area (TPSA) is 235 Å². The van der Waals surface area contributed by atoms with Crippen LogP contribution in [-0.2, 0) is 36.8 Å². The van der Waals surface area contributed by atoms with Gasteiger partial charge >= 0.3 is 5.97 Å². The summed E-state index contributed by atoms with van der Waals surface area (Å²) in [5.74, 6) is -3.00. The lowest BCUT2D eigenvalue weighted by Gasteiger charge is -2.38. The van der Waals surface area contributed by atoms with E-state index in [1.807, 2.05) is 74.5 Å². The first-order valence-electron chi connectivity index (χ1n) is 18.8. The van der Waals surface area contributed by atoms with Crippen LogP contribution in [0.4, 0.5) is 0 Å². The lowest BCUT2D eigenvalue weighted by Crippen LogP contribution is -2.60. The van der Waals surface area contributed by atoms with Crippen LogP contribution < -0.4 is 38.5 Å². The third-order valence-electron chi connectivity index (χ3n) is 9.55. The number of hydrogen-bond donors (Lipinski definition) is 8. The summed E-state index contributed by atoms with van der Waals surface area (Å²) in [6, 6.07) is 14.8. The van der Waals surface area contributed by atoms with Crippen LogP contribution in [0.3, 0.4) is 0 Å². The minimum absolute atomic E-state index is 0.00274. The van der Waals surface area contributed by atoms with Gasteiger partial charge in [0.25, 0.3) is 0 Å². The molecule has 53 heavy (non-hydrogen) atoms. The number of hydrogen-bond acceptors (Lipinski definition) is 9. The zero-order valence-electron chi connectivity index (χ0n) is 31.2. The Morgan fingerprint density at radius 3 is 1.85 bits per heavy atom. The van der Waals surface area contributed by atoms with Crippen molar-refractivity contribution >= 4 is 29.6 Å². The van der Waals surface area contributed by atoms with E-state index in [9.17, 15) is 29.1 Å². The predicted octanol–water partition coefficient (Wildman–Crippen LogP) is 0.813. The van der Waals surface area contributed by atoms with E-state index in [2.05, 4.69) is 21.3 Å². The quantitative estimate of drug-likeness (QED) is 0.0793. The molecular weight excluding hydrogens is 676 g/mol. The molecule has 0 aliphatic carbocycles. The van der Waals surface area contributed by atoms with Gasteiger partial charge in [-0.2, -0.15) is 0 Å². The van der Waals surface area contributed by atoms with Gasteiger partial charge in [-0.3, -0.25) is 24.0 Å². The molecule has 2 aromatic carbocycles. The number of carbonyl (C=O) groups is 5. The van der Waals surface area contributed by atoms with Crippen LogP contribution in [0.5, 0.6) is 0 Å². The Kier molecular flexibility index (Phi) is 17.9. The smallest absolute Gasteiger partial charge is 0.323 e. The molecule has 14 heteroatoms. The molecular formula is C39H60N8O6. The van der Waals surface area contributed by atoms with Gasteiger partial charge in [-0.1, -0.05) is 74.5 Å². The number of benzene rings is 2. The van der Waals surface area contributed by atoms with E-state index < -0.39 is 53.4 Å². The van der Waals surface area contributed by atoms with Gasteiger partial charge in [0, 0.05) is 19.5 Å². The molecule has 0 radical (unpaired) electrons. The lowest BCUT2D eigenvalue weighted by atomic mass is 9.88. The molecule has 1 heterocycles. The molecule has 3 rings (SSSR count). The Hall–Kier alpha value is -4.37. The number of likely N-dealkylation sites (tertiary alicyclic amines) is 1. The number of aliphatic carboxylic acids is 1. The minimum Gasteiger partial charge on any atom is -0.480 e. The molecule has 4 atom stereocenters. The van der Waals surface area contributed by atoms with E-state index in [-0.39, 0.29) is 57.0 Å². The molecule has 14 nitrogen and oxygen atoms in total. The number of piperidine rings is 1. The molecule has 1 aliphatic rings. The first-order chi connectivity index (χ1) is 25.3. The summed E-state index contributed by atoms with van der Waals surface area (Å²) in [5, 5.41) is 21.5. The molecule has 0 saturated carbocycles. The second kappa shape index (κ2) is 22.0. The van der Waals surface area contributed by atoms with Crippen LogP contribution in [0.2, 0.25) is 0 Å². The highest BCUT2D eigenvalue weighted by Gasteiger charge is 2.40. The standard InChI is InChI=1S/C39H60N8O6/c1-27(2)24-32(46-36(50)33(26-29-14-7-4-8-15-29)45-34(48)30(41)25-28-12-5-3-6-13-28)35(49)44-31(16-9-10-20-43-21-11-19-40)37(51)47-22-17-39(42,18-23-47)38(52)53/h3-8,12-15,27,30-33,43H,9-11,16-26,40-42H2,1-2H3,(H,44,49)(H,45,48)(H,46,50)(H,52,53)/t30-,31-,32-,33-/m1/s1. The van der Waals surface area contributed by atoms with Gasteiger partial charge in [0.05, 0.1) is 6.04 Å². The number of carboxylic acids is 1. The molecule has 1 aliphatic heterocycles. The van der Waals surface area contributed by atoms with Crippen molar-refractivity contribution in [1.82, 2.24) is 26.2 Å². The van der Waals surface area contributed by atoms with Crippen LogP contribution in [0.15, 0.2) is 60.7 Å². The Morgan fingerprint density at radius 2 is 1.28 bits per heavy atom. The highest BCUT2D eigenvalue weighted by atomic mass is 16.4. The molecule has 0 spiro atoms. The lowest BCUT2D eigenvalue weighted by molar-refractivity contribution is -0.148. The van der Waals surface area contributed by atoms with Crippen LogP contribution in [0.1, 0.15) is 69.9 Å². The van der Waals surface area contributed by atoms with Crippen molar-refractivity contribution in [2.45, 2.75) is 101 Å². The van der Waals surface area contributed by atoms with Gasteiger partial charge in [-0.05, 0) is 88.0 Å². The molecule has 0 aromatic heterocycles. The highest BCUT2D eigenvalue weighted by molar-refractivity contribution is 5.95. The maximum Gasteiger partial charge on any atom is 0.323 e. The molecule has 2 aromatic rings. The first-order valence-corrected chi connectivity index (χ1v) is 18.8. The summed E-state index contributed by atoms with van der Waals surface area (Å²) in [6.45, 7) is 6.24. The predicted molar refractivity (Wildman–Crippen MR) is 204 cm³/mol.